The number of carbonyl (C=O) groups excluding carboxylic acids is 4. The summed E-state index contributed by atoms with van der Waals surface area (Å²) in [6.07, 6.45) is 5.99. The Morgan fingerprint density at radius 3 is 1.94 bits per heavy atom. The van der Waals surface area contributed by atoms with Crippen molar-refractivity contribution in [1.82, 2.24) is 40.4 Å². The number of aromatic amines is 2. The number of ether oxygens (including phenoxy) is 2. The molecule has 3 aliphatic heterocycles. The minimum Gasteiger partial charge on any atom is -0.468 e. The number of fused-ring (bicyclic) bond motifs is 1. The van der Waals surface area contributed by atoms with Crippen molar-refractivity contribution >= 4 is 23.9 Å². The Labute approximate surface area is 301 Å². The van der Waals surface area contributed by atoms with Crippen LogP contribution in [0.4, 0.5) is 4.79 Å². The zero-order valence-electron chi connectivity index (χ0n) is 29.7. The first-order valence-corrected chi connectivity index (χ1v) is 17.7. The molecule has 5 unspecified atom stereocenters. The Kier molecular flexibility index (Phi) is 9.82. The average molecular weight is 709 g/mol. The molecule has 3 fully saturated rings. The van der Waals surface area contributed by atoms with Crippen LogP contribution < -0.4 is 10.6 Å². The van der Waals surface area contributed by atoms with Crippen LogP contribution in [0.3, 0.4) is 0 Å². The van der Waals surface area contributed by atoms with Crippen LogP contribution in [0.15, 0.2) is 60.9 Å². The maximum absolute atomic E-state index is 13.5. The number of piperazine rings is 1. The lowest BCUT2D eigenvalue weighted by atomic mass is 10.0. The van der Waals surface area contributed by atoms with E-state index < -0.39 is 18.2 Å². The van der Waals surface area contributed by atoms with E-state index in [2.05, 4.69) is 54.8 Å². The van der Waals surface area contributed by atoms with Gasteiger partial charge in [0.1, 0.15) is 23.7 Å². The first-order valence-electron chi connectivity index (χ1n) is 17.7. The number of imidazole rings is 2. The molecule has 4 aromatic rings. The lowest BCUT2D eigenvalue weighted by molar-refractivity contribution is -0.150. The molecule has 0 radical (unpaired) electrons. The molecule has 5 heterocycles. The van der Waals surface area contributed by atoms with Gasteiger partial charge in [-0.3, -0.25) is 19.7 Å². The van der Waals surface area contributed by atoms with Gasteiger partial charge in [-0.15, -0.1) is 0 Å². The molecule has 0 spiro atoms. The molecule has 52 heavy (non-hydrogen) atoms. The number of amides is 3. The summed E-state index contributed by atoms with van der Waals surface area (Å²) in [6.45, 7) is 4.48. The topological polar surface area (TPSA) is 175 Å². The molecule has 2 aromatic carbocycles. The van der Waals surface area contributed by atoms with E-state index in [4.69, 9.17) is 9.47 Å². The number of aromatic nitrogens is 4. The number of rotatable bonds is 9. The molecule has 3 aliphatic rings. The van der Waals surface area contributed by atoms with E-state index in [0.717, 1.165) is 52.3 Å². The Morgan fingerprint density at radius 2 is 1.38 bits per heavy atom. The van der Waals surface area contributed by atoms with Gasteiger partial charge in [0.15, 0.2) is 0 Å². The van der Waals surface area contributed by atoms with Crippen molar-refractivity contribution in [2.24, 2.45) is 5.92 Å². The third kappa shape index (κ3) is 6.65. The molecule has 0 aliphatic carbocycles. The number of hydrogen-bond acceptors (Lipinski definition) is 9. The van der Waals surface area contributed by atoms with Gasteiger partial charge < -0.3 is 34.6 Å². The van der Waals surface area contributed by atoms with Crippen LogP contribution in [0.2, 0.25) is 0 Å². The number of benzene rings is 2. The largest absolute Gasteiger partial charge is 0.468 e. The Morgan fingerprint density at radius 1 is 0.808 bits per heavy atom. The van der Waals surface area contributed by atoms with E-state index in [1.54, 1.807) is 22.2 Å². The number of likely N-dealkylation sites (tertiary alicyclic amines) is 1. The summed E-state index contributed by atoms with van der Waals surface area (Å²) in [6, 6.07) is 14.5. The lowest BCUT2D eigenvalue weighted by Gasteiger charge is -2.38. The molecule has 2 aromatic heterocycles. The molecule has 14 nitrogen and oxygen atoms in total. The van der Waals surface area contributed by atoms with E-state index >= 15 is 0 Å². The zero-order valence-corrected chi connectivity index (χ0v) is 29.7. The van der Waals surface area contributed by atoms with Crippen LogP contribution in [0.25, 0.3) is 33.6 Å². The standard InChI is InChI=1S/C38H44N8O6/c1-21(2)32(44-38(50)52-4)36(48)45-17-5-6-29(45)34-40-18-26(42-34)24-11-7-22(8-12-24)23-9-13-25(14-10-23)27-19-41-35(43-27)30-16-15-28-33(37(49)51-3)39-20-31(47)46(28)30/h7-14,18-19,21,28-30,32-33,39H,5-6,15-17,20H2,1-4H3,(H,40,42)(H,41,43)(H,44,50). The summed E-state index contributed by atoms with van der Waals surface area (Å²) < 4.78 is 9.71. The molecule has 0 bridgehead atoms. The van der Waals surface area contributed by atoms with Gasteiger partial charge in [0.05, 0.1) is 62.7 Å². The van der Waals surface area contributed by atoms with Gasteiger partial charge in [0, 0.05) is 6.54 Å². The smallest absolute Gasteiger partial charge is 0.407 e. The molecule has 0 saturated carbocycles. The highest BCUT2D eigenvalue weighted by Gasteiger charge is 2.48. The minimum absolute atomic E-state index is 0.0486. The summed E-state index contributed by atoms with van der Waals surface area (Å²) in [5, 5.41) is 5.72. The van der Waals surface area contributed by atoms with Gasteiger partial charge in [-0.05, 0) is 53.9 Å². The highest BCUT2D eigenvalue weighted by atomic mass is 16.5. The van der Waals surface area contributed by atoms with Gasteiger partial charge in [-0.1, -0.05) is 62.4 Å². The molecule has 5 atom stereocenters. The monoisotopic (exact) mass is 708 g/mol. The molecular formula is C38H44N8O6. The van der Waals surface area contributed by atoms with Crippen molar-refractivity contribution in [3.05, 3.63) is 72.6 Å². The summed E-state index contributed by atoms with van der Waals surface area (Å²) in [4.78, 5) is 70.4. The SMILES string of the molecule is COC(=O)NC(C(=O)N1CCCC1c1ncc(-c2ccc(-c3ccc(-c4cnc(C5CCC6C(C(=O)OC)NCC(=O)N56)[nH]4)cc3)cc2)[nH]1)C(C)C. The third-order valence-electron chi connectivity index (χ3n) is 10.5. The van der Waals surface area contributed by atoms with Crippen LogP contribution in [0.5, 0.6) is 0 Å². The number of carbonyl (C=O) groups is 4. The molecule has 4 N–H and O–H groups in total. The fourth-order valence-electron chi connectivity index (χ4n) is 7.77. The van der Waals surface area contributed by atoms with Gasteiger partial charge in [0.25, 0.3) is 0 Å². The highest BCUT2D eigenvalue weighted by molar-refractivity contribution is 5.87. The predicted molar refractivity (Wildman–Crippen MR) is 191 cm³/mol. The van der Waals surface area contributed by atoms with Crippen molar-refractivity contribution < 1.29 is 28.7 Å². The van der Waals surface area contributed by atoms with Crippen molar-refractivity contribution in [3.63, 3.8) is 0 Å². The second-order valence-electron chi connectivity index (χ2n) is 13.9. The molecule has 3 saturated heterocycles. The first-order chi connectivity index (χ1) is 25.2. The molecule has 14 heteroatoms. The quantitative estimate of drug-likeness (QED) is 0.184. The van der Waals surface area contributed by atoms with Crippen LogP contribution in [0, 0.1) is 5.92 Å². The van der Waals surface area contributed by atoms with Crippen molar-refractivity contribution in [2.75, 3.05) is 27.3 Å². The zero-order chi connectivity index (χ0) is 36.5. The van der Waals surface area contributed by atoms with Gasteiger partial charge in [0.2, 0.25) is 11.8 Å². The van der Waals surface area contributed by atoms with Gasteiger partial charge >= 0.3 is 12.1 Å². The number of nitrogens with zero attached hydrogens (tertiary/aromatic N) is 4. The van der Waals surface area contributed by atoms with Crippen LogP contribution >= 0.6 is 0 Å². The fraction of sp³-hybridized carbons (Fsp3) is 0.421. The summed E-state index contributed by atoms with van der Waals surface area (Å²) in [5.41, 5.74) is 5.76. The van der Waals surface area contributed by atoms with Crippen molar-refractivity contribution in [1.29, 1.82) is 0 Å². The highest BCUT2D eigenvalue weighted by Crippen LogP contribution is 2.39. The Bertz CT molecular complexity index is 1940. The number of H-pyrrole nitrogens is 2. The van der Waals surface area contributed by atoms with E-state index in [-0.39, 0.29) is 48.4 Å². The fourth-order valence-corrected chi connectivity index (χ4v) is 7.77. The summed E-state index contributed by atoms with van der Waals surface area (Å²) in [5.74, 6) is 0.780. The van der Waals surface area contributed by atoms with E-state index in [0.29, 0.717) is 25.2 Å². The predicted octanol–water partition coefficient (Wildman–Crippen LogP) is 4.35. The Balaban J connectivity index is 1.01. The maximum Gasteiger partial charge on any atom is 0.407 e. The summed E-state index contributed by atoms with van der Waals surface area (Å²) in [7, 11) is 2.65. The van der Waals surface area contributed by atoms with Crippen molar-refractivity contribution in [2.45, 2.75) is 69.7 Å². The number of nitrogens with one attached hydrogen (secondary N) is 4. The van der Waals surface area contributed by atoms with Crippen LogP contribution in [0.1, 0.15) is 63.3 Å². The van der Waals surface area contributed by atoms with Crippen LogP contribution in [-0.4, -0.2) is 99.0 Å². The first kappa shape index (κ1) is 34.9. The molecule has 272 valence electrons. The average Bonchev–Trinajstić information content (AvgIpc) is 4.00. The van der Waals surface area contributed by atoms with E-state index in [9.17, 15) is 19.2 Å². The lowest BCUT2D eigenvalue weighted by Crippen LogP contribution is -2.61. The van der Waals surface area contributed by atoms with E-state index in [1.807, 2.05) is 38.1 Å². The maximum atomic E-state index is 13.5. The molecule has 7 rings (SSSR count). The number of hydrogen-bond donors (Lipinski definition) is 4. The van der Waals surface area contributed by atoms with Crippen LogP contribution in [-0.2, 0) is 23.9 Å². The molecular weight excluding hydrogens is 664 g/mol. The van der Waals surface area contributed by atoms with Gasteiger partial charge in [-0.25, -0.2) is 14.8 Å². The minimum atomic E-state index is -0.686. The summed E-state index contributed by atoms with van der Waals surface area (Å²) >= 11 is 0. The second kappa shape index (κ2) is 14.6. The van der Waals surface area contributed by atoms with E-state index in [1.165, 1.54) is 14.2 Å². The second-order valence-corrected chi connectivity index (χ2v) is 13.9. The number of esters is 1. The normalized spacial score (nSPS) is 22.0. The van der Waals surface area contributed by atoms with Gasteiger partial charge in [-0.2, -0.15) is 0 Å². The molecule has 3 amide bonds. The number of methoxy groups -OCH3 is 2. The third-order valence-corrected chi connectivity index (χ3v) is 10.5. The number of alkyl carbamates (subject to hydrolysis) is 1. The van der Waals surface area contributed by atoms with Crippen molar-refractivity contribution in [3.8, 4) is 33.6 Å². The Hall–Kier alpha value is -5.50.